The van der Waals surface area contributed by atoms with Gasteiger partial charge in [-0.2, -0.15) is 0 Å². The van der Waals surface area contributed by atoms with Crippen molar-refractivity contribution < 1.29 is 14.4 Å². The van der Waals surface area contributed by atoms with Crippen LogP contribution in [-0.4, -0.2) is 43.0 Å². The molecule has 0 aromatic heterocycles. The Morgan fingerprint density at radius 3 is 2.73 bits per heavy atom. The zero-order valence-corrected chi connectivity index (χ0v) is 8.66. The molecule has 0 radical (unpaired) electrons. The first-order chi connectivity index (χ1) is 7.04. The molecule has 1 heterocycles. The van der Waals surface area contributed by atoms with Crippen molar-refractivity contribution >= 4 is 17.8 Å². The first kappa shape index (κ1) is 11.4. The molecular formula is C8H14N4O3. The van der Waals surface area contributed by atoms with Gasteiger partial charge in [0, 0.05) is 20.5 Å². The van der Waals surface area contributed by atoms with Gasteiger partial charge in [-0.15, -0.1) is 0 Å². The van der Waals surface area contributed by atoms with Crippen LogP contribution in [-0.2, 0) is 9.59 Å². The number of carbonyl (C=O) groups excluding carboxylic acids is 3. The molecule has 7 heteroatoms. The highest BCUT2D eigenvalue weighted by Gasteiger charge is 2.28. The van der Waals surface area contributed by atoms with E-state index in [2.05, 4.69) is 16.1 Å². The van der Waals surface area contributed by atoms with Gasteiger partial charge < -0.3 is 5.32 Å². The summed E-state index contributed by atoms with van der Waals surface area (Å²) in [5.41, 5.74) is 2.60. The number of piperidine rings is 1. The van der Waals surface area contributed by atoms with E-state index in [1.54, 1.807) is 7.05 Å². The molecule has 1 aliphatic heterocycles. The molecule has 7 nitrogen and oxygen atoms in total. The monoisotopic (exact) mass is 214 g/mol. The highest BCUT2D eigenvalue weighted by atomic mass is 16.2. The smallest absolute Gasteiger partial charge is 0.325 e. The summed E-state index contributed by atoms with van der Waals surface area (Å²) in [6, 6.07) is -1.04. The summed E-state index contributed by atoms with van der Waals surface area (Å²) in [4.78, 5) is 33.4. The molecule has 84 valence electrons. The van der Waals surface area contributed by atoms with Gasteiger partial charge in [0.25, 0.3) is 0 Å². The molecule has 1 rings (SSSR count). The second-order valence-corrected chi connectivity index (χ2v) is 3.24. The van der Waals surface area contributed by atoms with Gasteiger partial charge in [-0.1, -0.05) is 0 Å². The largest absolute Gasteiger partial charge is 0.332 e. The highest BCUT2D eigenvalue weighted by Crippen LogP contribution is 2.04. The van der Waals surface area contributed by atoms with Gasteiger partial charge in [0.1, 0.15) is 6.04 Å². The summed E-state index contributed by atoms with van der Waals surface area (Å²) in [6.07, 6.45) is 0.591. The average molecular weight is 214 g/mol. The van der Waals surface area contributed by atoms with E-state index < -0.39 is 18.0 Å². The Kier molecular flexibility index (Phi) is 3.62. The molecule has 0 aromatic carbocycles. The molecule has 0 aliphatic carbocycles. The number of hydrogen-bond acceptors (Lipinski definition) is 4. The van der Waals surface area contributed by atoms with Crippen LogP contribution in [0.2, 0.25) is 0 Å². The van der Waals surface area contributed by atoms with E-state index in [4.69, 9.17) is 0 Å². The number of amides is 4. The molecule has 0 aromatic rings. The Labute approximate surface area is 87.2 Å². The van der Waals surface area contributed by atoms with E-state index >= 15 is 0 Å². The minimum absolute atomic E-state index is 0.250. The molecule has 1 saturated heterocycles. The minimum Gasteiger partial charge on any atom is -0.325 e. The Morgan fingerprint density at radius 2 is 2.20 bits per heavy atom. The van der Waals surface area contributed by atoms with Crippen LogP contribution in [0.15, 0.2) is 0 Å². The standard InChI is InChI=1S/C8H14N4O3/c1-9-12(2)8(15)10-5-3-4-6(13)11-7(5)14/h5,9H,3-4H2,1-2H3,(H,10,15)(H,11,13,14). The molecule has 4 amide bonds. The number of nitrogens with zero attached hydrogens (tertiary/aromatic N) is 1. The number of rotatable bonds is 2. The number of nitrogens with one attached hydrogen (secondary N) is 3. The maximum Gasteiger partial charge on any atom is 0.332 e. The summed E-state index contributed by atoms with van der Waals surface area (Å²) < 4.78 is 0. The van der Waals surface area contributed by atoms with Gasteiger partial charge in [-0.25, -0.2) is 10.2 Å². The molecule has 0 spiro atoms. The Hall–Kier alpha value is -1.63. The van der Waals surface area contributed by atoms with E-state index in [-0.39, 0.29) is 12.3 Å². The molecule has 1 unspecified atom stereocenters. The topological polar surface area (TPSA) is 90.5 Å². The highest BCUT2D eigenvalue weighted by molar-refractivity contribution is 6.01. The Bertz CT molecular complexity index is 292. The molecule has 0 bridgehead atoms. The van der Waals surface area contributed by atoms with Crippen molar-refractivity contribution in [1.29, 1.82) is 0 Å². The van der Waals surface area contributed by atoms with Crippen LogP contribution < -0.4 is 16.1 Å². The average Bonchev–Trinajstić information content (AvgIpc) is 2.20. The van der Waals surface area contributed by atoms with Gasteiger partial charge in [-0.3, -0.25) is 19.9 Å². The van der Waals surface area contributed by atoms with Gasteiger partial charge in [0.05, 0.1) is 0 Å². The third-order valence-electron chi connectivity index (χ3n) is 2.18. The first-order valence-corrected chi connectivity index (χ1v) is 4.60. The predicted molar refractivity (Wildman–Crippen MR) is 51.5 cm³/mol. The molecule has 3 N–H and O–H groups in total. The van der Waals surface area contributed by atoms with Gasteiger partial charge in [-0.05, 0) is 6.42 Å². The van der Waals surface area contributed by atoms with Crippen LogP contribution in [0.1, 0.15) is 12.8 Å². The van der Waals surface area contributed by atoms with Crippen molar-refractivity contribution in [3.05, 3.63) is 0 Å². The summed E-state index contributed by atoms with van der Waals surface area (Å²) >= 11 is 0. The van der Waals surface area contributed by atoms with Crippen molar-refractivity contribution in [3.8, 4) is 0 Å². The van der Waals surface area contributed by atoms with Crippen molar-refractivity contribution in [1.82, 2.24) is 21.1 Å². The maximum absolute atomic E-state index is 11.4. The summed E-state index contributed by atoms with van der Waals surface area (Å²) in [5.74, 6) is -0.753. The fraction of sp³-hybridized carbons (Fsp3) is 0.625. The second kappa shape index (κ2) is 4.74. The fourth-order valence-corrected chi connectivity index (χ4v) is 1.18. The SMILES string of the molecule is CNN(C)C(=O)NC1CCC(=O)NC1=O. The maximum atomic E-state index is 11.4. The number of hydrazine groups is 1. The third kappa shape index (κ3) is 2.91. The van der Waals surface area contributed by atoms with Crippen LogP contribution in [0.5, 0.6) is 0 Å². The van der Waals surface area contributed by atoms with E-state index in [9.17, 15) is 14.4 Å². The first-order valence-electron chi connectivity index (χ1n) is 4.60. The van der Waals surface area contributed by atoms with Crippen molar-refractivity contribution in [2.24, 2.45) is 0 Å². The van der Waals surface area contributed by atoms with Crippen molar-refractivity contribution in [2.75, 3.05) is 14.1 Å². The lowest BCUT2D eigenvalue weighted by Gasteiger charge is -2.24. The van der Waals surface area contributed by atoms with Crippen LogP contribution in [0.3, 0.4) is 0 Å². The normalized spacial score (nSPS) is 20.8. The van der Waals surface area contributed by atoms with Gasteiger partial charge in [0.2, 0.25) is 11.8 Å². The third-order valence-corrected chi connectivity index (χ3v) is 2.18. The van der Waals surface area contributed by atoms with Crippen LogP contribution in [0.25, 0.3) is 0 Å². The van der Waals surface area contributed by atoms with Gasteiger partial charge >= 0.3 is 6.03 Å². The Balaban J connectivity index is 2.48. The molecule has 0 saturated carbocycles. The summed E-state index contributed by atoms with van der Waals surface area (Å²) in [5, 5.41) is 5.87. The Morgan fingerprint density at radius 1 is 1.53 bits per heavy atom. The molecule has 1 aliphatic rings. The second-order valence-electron chi connectivity index (χ2n) is 3.24. The van der Waals surface area contributed by atoms with Crippen LogP contribution >= 0.6 is 0 Å². The molecule has 15 heavy (non-hydrogen) atoms. The fourth-order valence-electron chi connectivity index (χ4n) is 1.18. The van der Waals surface area contributed by atoms with E-state index in [0.717, 1.165) is 0 Å². The lowest BCUT2D eigenvalue weighted by molar-refractivity contribution is -0.134. The quantitative estimate of drug-likeness (QED) is 0.388. The predicted octanol–water partition coefficient (Wildman–Crippen LogP) is -1.43. The molecule has 1 fully saturated rings. The lowest BCUT2D eigenvalue weighted by atomic mass is 10.1. The zero-order chi connectivity index (χ0) is 11.4. The van der Waals surface area contributed by atoms with E-state index in [1.807, 2.05) is 0 Å². The number of urea groups is 1. The molecule has 1 atom stereocenters. The van der Waals surface area contributed by atoms with Gasteiger partial charge in [0.15, 0.2) is 0 Å². The van der Waals surface area contributed by atoms with Crippen LogP contribution in [0, 0.1) is 0 Å². The molecular weight excluding hydrogens is 200 g/mol. The van der Waals surface area contributed by atoms with E-state index in [1.165, 1.54) is 12.1 Å². The van der Waals surface area contributed by atoms with Crippen LogP contribution in [0.4, 0.5) is 4.79 Å². The minimum atomic E-state index is -0.633. The van der Waals surface area contributed by atoms with Crippen molar-refractivity contribution in [3.63, 3.8) is 0 Å². The lowest BCUT2D eigenvalue weighted by Crippen LogP contribution is -2.56. The van der Waals surface area contributed by atoms with E-state index in [0.29, 0.717) is 6.42 Å². The number of hydrogen-bond donors (Lipinski definition) is 3. The summed E-state index contributed by atoms with van der Waals surface area (Å²) in [6.45, 7) is 0. The summed E-state index contributed by atoms with van der Waals surface area (Å²) in [7, 11) is 3.12. The number of imide groups is 1. The zero-order valence-electron chi connectivity index (χ0n) is 8.66. The van der Waals surface area contributed by atoms with Crippen molar-refractivity contribution in [2.45, 2.75) is 18.9 Å². The number of carbonyl (C=O) groups is 3.